The number of nitrogens with one attached hydrogen (secondary N) is 1. The third kappa shape index (κ3) is 4.02. The van der Waals surface area contributed by atoms with Gasteiger partial charge in [0.15, 0.2) is 0 Å². The first kappa shape index (κ1) is 17.7. The number of amides is 1. The minimum Gasteiger partial charge on any atom is -0.322 e. The van der Waals surface area contributed by atoms with E-state index in [-0.39, 0.29) is 11.7 Å². The van der Waals surface area contributed by atoms with E-state index < -0.39 is 0 Å². The standard InChI is InChI=1S/C24H24FNO/c1-16-2-4-17(5-3-16)18-9-12-23(13-10-18)26-24(27)21-7-6-20-15-22(25)11-8-19(20)14-21/h6-17H,2-5H2,1H3,(H,26,27). The highest BCUT2D eigenvalue weighted by Crippen LogP contribution is 2.35. The van der Waals surface area contributed by atoms with Crippen LogP contribution in [0.5, 0.6) is 0 Å². The number of carbonyl (C=O) groups is 1. The number of anilines is 1. The number of carbonyl (C=O) groups excluding carboxylic acids is 1. The number of rotatable bonds is 3. The molecule has 0 spiro atoms. The lowest BCUT2D eigenvalue weighted by Crippen LogP contribution is -2.13. The molecule has 0 aliphatic heterocycles. The van der Waals surface area contributed by atoms with E-state index in [0.717, 1.165) is 22.4 Å². The summed E-state index contributed by atoms with van der Waals surface area (Å²) < 4.78 is 13.3. The Morgan fingerprint density at radius 3 is 2.30 bits per heavy atom. The summed E-state index contributed by atoms with van der Waals surface area (Å²) in [6.45, 7) is 2.33. The monoisotopic (exact) mass is 361 g/mol. The van der Waals surface area contributed by atoms with E-state index in [1.807, 2.05) is 12.1 Å². The molecule has 3 aromatic carbocycles. The average molecular weight is 361 g/mol. The first-order valence-electron chi connectivity index (χ1n) is 9.69. The second-order valence-corrected chi connectivity index (χ2v) is 7.74. The Kier molecular flexibility index (Phi) is 4.93. The highest BCUT2D eigenvalue weighted by Gasteiger charge is 2.19. The van der Waals surface area contributed by atoms with Gasteiger partial charge in [0.05, 0.1) is 0 Å². The van der Waals surface area contributed by atoms with Crippen LogP contribution < -0.4 is 5.32 Å². The van der Waals surface area contributed by atoms with Gasteiger partial charge in [-0.2, -0.15) is 0 Å². The Hall–Kier alpha value is -2.68. The van der Waals surface area contributed by atoms with Crippen molar-refractivity contribution in [3.05, 3.63) is 77.6 Å². The van der Waals surface area contributed by atoms with Gasteiger partial charge in [-0.25, -0.2) is 4.39 Å². The third-order valence-corrected chi connectivity index (χ3v) is 5.72. The fourth-order valence-electron chi connectivity index (χ4n) is 3.99. The largest absolute Gasteiger partial charge is 0.322 e. The van der Waals surface area contributed by atoms with E-state index in [9.17, 15) is 9.18 Å². The summed E-state index contributed by atoms with van der Waals surface area (Å²) in [6.07, 6.45) is 5.11. The van der Waals surface area contributed by atoms with Crippen LogP contribution in [0, 0.1) is 11.7 Å². The van der Waals surface area contributed by atoms with Gasteiger partial charge >= 0.3 is 0 Å². The molecule has 0 atom stereocenters. The molecule has 0 aromatic heterocycles. The molecular formula is C24H24FNO. The van der Waals surface area contributed by atoms with Crippen LogP contribution in [0.25, 0.3) is 10.8 Å². The molecule has 1 amide bonds. The van der Waals surface area contributed by atoms with Crippen molar-refractivity contribution in [1.82, 2.24) is 0 Å². The second kappa shape index (κ2) is 7.51. The lowest BCUT2D eigenvalue weighted by Gasteiger charge is -2.26. The van der Waals surface area contributed by atoms with Crippen molar-refractivity contribution in [2.24, 2.45) is 5.92 Å². The van der Waals surface area contributed by atoms with E-state index in [2.05, 4.69) is 24.4 Å². The average Bonchev–Trinajstić information content (AvgIpc) is 2.69. The minimum absolute atomic E-state index is 0.152. The van der Waals surface area contributed by atoms with Crippen molar-refractivity contribution in [1.29, 1.82) is 0 Å². The molecule has 2 nitrogen and oxygen atoms in total. The molecule has 1 N–H and O–H groups in total. The maximum Gasteiger partial charge on any atom is 0.255 e. The fraction of sp³-hybridized carbons (Fsp3) is 0.292. The number of hydrogen-bond acceptors (Lipinski definition) is 1. The first-order chi connectivity index (χ1) is 13.1. The van der Waals surface area contributed by atoms with Gasteiger partial charge in [-0.15, -0.1) is 0 Å². The molecule has 1 saturated carbocycles. The van der Waals surface area contributed by atoms with Crippen molar-refractivity contribution >= 4 is 22.4 Å². The Morgan fingerprint density at radius 1 is 0.889 bits per heavy atom. The van der Waals surface area contributed by atoms with Gasteiger partial charge in [0.25, 0.3) is 5.91 Å². The highest BCUT2D eigenvalue weighted by atomic mass is 19.1. The number of hydrogen-bond donors (Lipinski definition) is 1. The molecular weight excluding hydrogens is 337 g/mol. The predicted molar refractivity (Wildman–Crippen MR) is 109 cm³/mol. The maximum atomic E-state index is 13.3. The molecule has 0 radical (unpaired) electrons. The van der Waals surface area contributed by atoms with Crippen LogP contribution in [0.4, 0.5) is 10.1 Å². The number of halogens is 1. The van der Waals surface area contributed by atoms with Crippen molar-refractivity contribution in [2.75, 3.05) is 5.32 Å². The lowest BCUT2D eigenvalue weighted by molar-refractivity contribution is 0.102. The van der Waals surface area contributed by atoms with E-state index in [4.69, 9.17) is 0 Å². The van der Waals surface area contributed by atoms with Crippen LogP contribution in [0.2, 0.25) is 0 Å². The Morgan fingerprint density at radius 2 is 1.56 bits per heavy atom. The van der Waals surface area contributed by atoms with Gasteiger partial charge in [0.2, 0.25) is 0 Å². The Balaban J connectivity index is 1.45. The maximum absolute atomic E-state index is 13.3. The zero-order valence-corrected chi connectivity index (χ0v) is 15.5. The van der Waals surface area contributed by atoms with Crippen LogP contribution in [-0.4, -0.2) is 5.91 Å². The van der Waals surface area contributed by atoms with Gasteiger partial charge in [-0.1, -0.05) is 44.0 Å². The molecule has 27 heavy (non-hydrogen) atoms. The van der Waals surface area contributed by atoms with Gasteiger partial charge < -0.3 is 5.32 Å². The normalized spacial score (nSPS) is 19.8. The smallest absolute Gasteiger partial charge is 0.255 e. The molecule has 1 aliphatic rings. The molecule has 0 bridgehead atoms. The number of benzene rings is 3. The van der Waals surface area contributed by atoms with Gasteiger partial charge in [0, 0.05) is 11.3 Å². The van der Waals surface area contributed by atoms with Crippen molar-refractivity contribution < 1.29 is 9.18 Å². The van der Waals surface area contributed by atoms with E-state index in [0.29, 0.717) is 11.5 Å². The van der Waals surface area contributed by atoms with Gasteiger partial charge in [-0.05, 0) is 77.4 Å². The van der Waals surface area contributed by atoms with Crippen LogP contribution >= 0.6 is 0 Å². The summed E-state index contributed by atoms with van der Waals surface area (Å²) in [4.78, 5) is 12.6. The quantitative estimate of drug-likeness (QED) is 0.565. The summed E-state index contributed by atoms with van der Waals surface area (Å²) in [5.41, 5.74) is 2.74. The second-order valence-electron chi connectivity index (χ2n) is 7.74. The predicted octanol–water partition coefficient (Wildman–Crippen LogP) is 6.52. The van der Waals surface area contributed by atoms with E-state index in [1.54, 1.807) is 24.3 Å². The van der Waals surface area contributed by atoms with E-state index >= 15 is 0 Å². The van der Waals surface area contributed by atoms with Gasteiger partial charge in [0.1, 0.15) is 5.82 Å². The molecule has 3 aromatic rings. The molecule has 0 saturated heterocycles. The summed E-state index contributed by atoms with van der Waals surface area (Å²) in [7, 11) is 0. The molecule has 3 heteroatoms. The molecule has 0 heterocycles. The summed E-state index contributed by atoms with van der Waals surface area (Å²) in [5, 5.41) is 4.60. The number of fused-ring (bicyclic) bond motifs is 1. The topological polar surface area (TPSA) is 29.1 Å². The molecule has 138 valence electrons. The first-order valence-corrected chi connectivity index (χ1v) is 9.69. The van der Waals surface area contributed by atoms with Crippen LogP contribution in [0.15, 0.2) is 60.7 Å². The Bertz CT molecular complexity index is 956. The molecule has 1 aliphatic carbocycles. The summed E-state index contributed by atoms with van der Waals surface area (Å²) in [5.74, 6) is 1.07. The SMILES string of the molecule is CC1CCC(c2ccc(NC(=O)c3ccc4cc(F)ccc4c3)cc2)CC1. The molecule has 0 unspecified atom stereocenters. The van der Waals surface area contributed by atoms with E-state index in [1.165, 1.54) is 43.4 Å². The zero-order valence-electron chi connectivity index (χ0n) is 15.5. The zero-order chi connectivity index (χ0) is 18.8. The van der Waals surface area contributed by atoms with Gasteiger partial charge in [-0.3, -0.25) is 4.79 Å². The third-order valence-electron chi connectivity index (χ3n) is 5.72. The van der Waals surface area contributed by atoms with Crippen molar-refractivity contribution in [2.45, 2.75) is 38.5 Å². The summed E-state index contributed by atoms with van der Waals surface area (Å²) in [6, 6.07) is 18.1. The van der Waals surface area contributed by atoms with Crippen LogP contribution in [0.3, 0.4) is 0 Å². The Labute approximate surface area is 159 Å². The van der Waals surface area contributed by atoms with Crippen molar-refractivity contribution in [3.63, 3.8) is 0 Å². The van der Waals surface area contributed by atoms with Crippen LogP contribution in [0.1, 0.15) is 54.4 Å². The summed E-state index contributed by atoms with van der Waals surface area (Å²) >= 11 is 0. The molecule has 1 fully saturated rings. The minimum atomic E-state index is -0.271. The fourth-order valence-corrected chi connectivity index (χ4v) is 3.99. The highest BCUT2D eigenvalue weighted by molar-refractivity contribution is 6.06. The van der Waals surface area contributed by atoms with Crippen LogP contribution in [-0.2, 0) is 0 Å². The lowest BCUT2D eigenvalue weighted by atomic mass is 9.79. The molecule has 4 rings (SSSR count). The van der Waals surface area contributed by atoms with Crippen molar-refractivity contribution in [3.8, 4) is 0 Å².